The summed E-state index contributed by atoms with van der Waals surface area (Å²) in [5.74, 6) is 2.17. The van der Waals surface area contributed by atoms with Crippen LogP contribution in [0.15, 0.2) is 28.7 Å². The van der Waals surface area contributed by atoms with Crippen molar-refractivity contribution in [3.8, 4) is 0 Å². The number of hydrogen-bond donors (Lipinski definition) is 0. The van der Waals surface area contributed by atoms with E-state index in [2.05, 4.69) is 34.1 Å². The minimum atomic E-state index is 0.0332. The SMILES string of the molecule is ClC1(Cc2cccc(Br)c2)CSC1. The van der Waals surface area contributed by atoms with Crippen LogP contribution in [0, 0.1) is 0 Å². The predicted octanol–water partition coefficient (Wildman–Crippen LogP) is 3.72. The van der Waals surface area contributed by atoms with Gasteiger partial charge in [-0.1, -0.05) is 28.1 Å². The fourth-order valence-corrected chi connectivity index (χ4v) is 3.35. The third-order valence-electron chi connectivity index (χ3n) is 2.13. The lowest BCUT2D eigenvalue weighted by molar-refractivity contribution is 0.683. The fraction of sp³-hybridized carbons (Fsp3) is 0.400. The zero-order valence-electron chi connectivity index (χ0n) is 7.09. The lowest BCUT2D eigenvalue weighted by Gasteiger charge is -2.35. The van der Waals surface area contributed by atoms with Crippen LogP contribution in [-0.2, 0) is 6.42 Å². The van der Waals surface area contributed by atoms with Crippen molar-refractivity contribution in [3.05, 3.63) is 34.3 Å². The summed E-state index contributed by atoms with van der Waals surface area (Å²) in [5.41, 5.74) is 1.32. The Hall–Kier alpha value is 0.340. The molecule has 0 atom stereocenters. The van der Waals surface area contributed by atoms with Gasteiger partial charge in [-0.15, -0.1) is 11.6 Å². The van der Waals surface area contributed by atoms with Crippen LogP contribution in [-0.4, -0.2) is 16.4 Å². The average molecular weight is 278 g/mol. The monoisotopic (exact) mass is 276 g/mol. The van der Waals surface area contributed by atoms with Gasteiger partial charge in [0.2, 0.25) is 0 Å². The van der Waals surface area contributed by atoms with Gasteiger partial charge in [0.05, 0.1) is 4.87 Å². The van der Waals surface area contributed by atoms with E-state index in [1.165, 1.54) is 5.56 Å². The van der Waals surface area contributed by atoms with Crippen molar-refractivity contribution in [2.75, 3.05) is 11.5 Å². The van der Waals surface area contributed by atoms with Crippen LogP contribution in [0.4, 0.5) is 0 Å². The van der Waals surface area contributed by atoms with Crippen LogP contribution in [0.25, 0.3) is 0 Å². The molecule has 1 saturated heterocycles. The number of benzene rings is 1. The first-order valence-electron chi connectivity index (χ1n) is 4.19. The van der Waals surface area contributed by atoms with Gasteiger partial charge in [0.1, 0.15) is 0 Å². The quantitative estimate of drug-likeness (QED) is 0.743. The number of thioether (sulfide) groups is 1. The Kier molecular flexibility index (Phi) is 2.91. The van der Waals surface area contributed by atoms with Crippen LogP contribution in [0.2, 0.25) is 0 Å². The highest BCUT2D eigenvalue weighted by Gasteiger charge is 2.35. The average Bonchev–Trinajstić information content (AvgIpc) is 2.01. The van der Waals surface area contributed by atoms with E-state index in [4.69, 9.17) is 11.6 Å². The van der Waals surface area contributed by atoms with E-state index in [-0.39, 0.29) is 4.87 Å². The summed E-state index contributed by atoms with van der Waals surface area (Å²) in [6.45, 7) is 0. The minimum absolute atomic E-state index is 0.0332. The van der Waals surface area contributed by atoms with E-state index < -0.39 is 0 Å². The second kappa shape index (κ2) is 3.84. The molecule has 0 amide bonds. The minimum Gasteiger partial charge on any atom is -0.158 e. The maximum absolute atomic E-state index is 6.36. The van der Waals surface area contributed by atoms with Crippen LogP contribution in [0.5, 0.6) is 0 Å². The topological polar surface area (TPSA) is 0 Å². The molecule has 13 heavy (non-hydrogen) atoms. The summed E-state index contributed by atoms with van der Waals surface area (Å²) < 4.78 is 1.14. The van der Waals surface area contributed by atoms with Gasteiger partial charge in [-0.2, -0.15) is 11.8 Å². The normalized spacial score (nSPS) is 19.5. The third kappa shape index (κ3) is 2.42. The fourth-order valence-electron chi connectivity index (χ4n) is 1.44. The molecule has 0 radical (unpaired) electrons. The van der Waals surface area contributed by atoms with Gasteiger partial charge in [-0.25, -0.2) is 0 Å². The molecular formula is C10H10BrClS. The Morgan fingerprint density at radius 2 is 2.23 bits per heavy atom. The van der Waals surface area contributed by atoms with Crippen molar-refractivity contribution >= 4 is 39.3 Å². The van der Waals surface area contributed by atoms with Gasteiger partial charge in [-0.05, 0) is 24.1 Å². The zero-order chi connectivity index (χ0) is 9.31. The number of hydrogen-bond acceptors (Lipinski definition) is 1. The summed E-state index contributed by atoms with van der Waals surface area (Å²) in [5, 5.41) is 0. The van der Waals surface area contributed by atoms with E-state index >= 15 is 0 Å². The van der Waals surface area contributed by atoms with Crippen LogP contribution >= 0.6 is 39.3 Å². The lowest BCUT2D eigenvalue weighted by Crippen LogP contribution is -2.39. The summed E-state index contributed by atoms with van der Waals surface area (Å²) in [4.78, 5) is 0.0332. The molecule has 0 unspecified atom stereocenters. The van der Waals surface area contributed by atoms with Crippen molar-refractivity contribution in [1.29, 1.82) is 0 Å². The molecule has 1 aliphatic rings. The number of rotatable bonds is 2. The van der Waals surface area contributed by atoms with Crippen LogP contribution in [0.1, 0.15) is 5.56 Å². The molecule has 3 heteroatoms. The Balaban J connectivity index is 2.09. The first kappa shape index (κ1) is 9.88. The molecule has 0 aromatic heterocycles. The smallest absolute Gasteiger partial charge is 0.0667 e. The highest BCUT2D eigenvalue weighted by molar-refractivity contribution is 9.10. The van der Waals surface area contributed by atoms with Gasteiger partial charge in [0.15, 0.2) is 0 Å². The Bertz CT molecular complexity index is 310. The molecule has 1 aliphatic heterocycles. The maximum Gasteiger partial charge on any atom is 0.0667 e. The third-order valence-corrected chi connectivity index (χ3v) is 4.86. The van der Waals surface area contributed by atoms with E-state index in [0.717, 1.165) is 22.4 Å². The van der Waals surface area contributed by atoms with Gasteiger partial charge in [0.25, 0.3) is 0 Å². The Morgan fingerprint density at radius 1 is 1.46 bits per heavy atom. The summed E-state index contributed by atoms with van der Waals surface area (Å²) in [6.07, 6.45) is 0.987. The summed E-state index contributed by atoms with van der Waals surface area (Å²) in [6, 6.07) is 8.39. The largest absolute Gasteiger partial charge is 0.158 e. The van der Waals surface area contributed by atoms with Crippen molar-refractivity contribution in [1.82, 2.24) is 0 Å². The second-order valence-corrected chi connectivity index (χ2v) is 6.15. The van der Waals surface area contributed by atoms with Gasteiger partial charge in [-0.3, -0.25) is 0 Å². The first-order valence-corrected chi connectivity index (χ1v) is 6.52. The molecule has 1 fully saturated rings. The maximum atomic E-state index is 6.36. The molecule has 0 bridgehead atoms. The summed E-state index contributed by atoms with van der Waals surface area (Å²) >= 11 is 11.7. The molecule has 1 aromatic rings. The van der Waals surface area contributed by atoms with Crippen molar-refractivity contribution in [2.45, 2.75) is 11.3 Å². The highest BCUT2D eigenvalue weighted by atomic mass is 79.9. The van der Waals surface area contributed by atoms with Crippen LogP contribution in [0.3, 0.4) is 0 Å². The molecule has 0 spiro atoms. The van der Waals surface area contributed by atoms with Gasteiger partial charge < -0.3 is 0 Å². The van der Waals surface area contributed by atoms with Crippen molar-refractivity contribution in [3.63, 3.8) is 0 Å². The van der Waals surface area contributed by atoms with E-state index in [1.54, 1.807) is 0 Å². The van der Waals surface area contributed by atoms with Crippen molar-refractivity contribution in [2.24, 2.45) is 0 Å². The van der Waals surface area contributed by atoms with Crippen LogP contribution < -0.4 is 0 Å². The molecule has 1 aromatic carbocycles. The molecule has 0 saturated carbocycles. The lowest BCUT2D eigenvalue weighted by atomic mass is 10.0. The Labute approximate surface area is 96.2 Å². The molecule has 0 N–H and O–H groups in total. The van der Waals surface area contributed by atoms with Crippen molar-refractivity contribution < 1.29 is 0 Å². The summed E-state index contributed by atoms with van der Waals surface area (Å²) in [7, 11) is 0. The number of alkyl halides is 1. The molecular weight excluding hydrogens is 268 g/mol. The molecule has 0 nitrogen and oxygen atoms in total. The number of halogens is 2. The first-order chi connectivity index (χ1) is 6.18. The van der Waals surface area contributed by atoms with E-state index in [1.807, 2.05) is 17.8 Å². The standard InChI is InChI=1S/C10H10BrClS/c11-9-3-1-2-8(4-9)5-10(12)6-13-7-10/h1-4H,5-7H2. The van der Waals surface area contributed by atoms with Gasteiger partial charge >= 0.3 is 0 Å². The van der Waals surface area contributed by atoms with Gasteiger partial charge in [0, 0.05) is 16.0 Å². The molecule has 2 rings (SSSR count). The zero-order valence-corrected chi connectivity index (χ0v) is 10.3. The molecule has 70 valence electrons. The van der Waals surface area contributed by atoms with E-state index in [0.29, 0.717) is 0 Å². The predicted molar refractivity (Wildman–Crippen MR) is 63.8 cm³/mol. The Morgan fingerprint density at radius 3 is 2.77 bits per heavy atom. The highest BCUT2D eigenvalue weighted by Crippen LogP contribution is 2.38. The molecule has 1 heterocycles. The van der Waals surface area contributed by atoms with E-state index in [9.17, 15) is 0 Å². The molecule has 0 aliphatic carbocycles. The second-order valence-electron chi connectivity index (χ2n) is 3.45.